The molecule has 1 aromatic carbocycles. The lowest BCUT2D eigenvalue weighted by Crippen LogP contribution is -2.54. The van der Waals surface area contributed by atoms with Gasteiger partial charge in [-0.25, -0.2) is 8.42 Å². The van der Waals surface area contributed by atoms with E-state index in [1.54, 1.807) is 20.8 Å². The molecule has 2 heterocycles. The monoisotopic (exact) mass is 437 g/mol. The van der Waals surface area contributed by atoms with Gasteiger partial charge in [-0.1, -0.05) is 5.16 Å². The maximum absolute atomic E-state index is 12.9. The van der Waals surface area contributed by atoms with Crippen LogP contribution >= 0.6 is 0 Å². The predicted molar refractivity (Wildman–Crippen MR) is 107 cm³/mol. The van der Waals surface area contributed by atoms with Crippen LogP contribution in [0.2, 0.25) is 0 Å². The number of amides is 1. The van der Waals surface area contributed by atoms with Gasteiger partial charge in [-0.15, -0.1) is 0 Å². The summed E-state index contributed by atoms with van der Waals surface area (Å²) in [7, 11) is -3.71. The molecule has 3 rings (SSSR count). The third-order valence-electron chi connectivity index (χ3n) is 5.11. The molecule has 1 fully saturated rings. The largest absolute Gasteiger partial charge is 0.360 e. The molecule has 0 saturated carbocycles. The number of rotatable bonds is 6. The number of non-ortho nitro benzene ring substituents is 1. The summed E-state index contributed by atoms with van der Waals surface area (Å²) in [6, 6.07) is 5.08. The summed E-state index contributed by atoms with van der Waals surface area (Å²) >= 11 is 0. The predicted octanol–water partition coefficient (Wildman–Crippen LogP) is 1.53. The summed E-state index contributed by atoms with van der Waals surface area (Å²) < 4.78 is 32.2. The van der Waals surface area contributed by atoms with Crippen molar-refractivity contribution in [3.8, 4) is 0 Å². The topological polar surface area (TPSA) is 139 Å². The average Bonchev–Trinajstić information content (AvgIpc) is 3.06. The number of hydrogen-bond acceptors (Lipinski definition) is 8. The third kappa shape index (κ3) is 4.35. The van der Waals surface area contributed by atoms with Crippen molar-refractivity contribution < 1.29 is 22.7 Å². The van der Waals surface area contributed by atoms with Gasteiger partial charge in [0, 0.05) is 44.0 Å². The average molecular weight is 437 g/mol. The van der Waals surface area contributed by atoms with E-state index in [4.69, 9.17) is 4.52 Å². The minimum atomic E-state index is -3.71. The highest BCUT2D eigenvalue weighted by Crippen LogP contribution is 2.24. The number of aryl methyl sites for hydroxylation is 2. The number of aromatic nitrogens is 1. The van der Waals surface area contributed by atoms with Crippen molar-refractivity contribution in [1.29, 1.82) is 0 Å². The van der Waals surface area contributed by atoms with E-state index in [1.807, 2.05) is 4.90 Å². The SMILES string of the molecule is Cc1noc(C)c1S(=O)(=O)N1CCN([C@@H](C)C(=O)Nc2ccc([N+](=O)[O-])cc2)CC1. The maximum atomic E-state index is 12.9. The standard InChI is InChI=1S/C18H23N5O6S/c1-12-17(14(3)29-20-12)30(27,28)22-10-8-21(9-11-22)13(2)18(24)19-15-4-6-16(7-5-15)23(25)26/h4-7,13H,8-11H2,1-3H3,(H,19,24)/t13-/m0/s1. The Kier molecular flexibility index (Phi) is 6.19. The lowest BCUT2D eigenvalue weighted by atomic mass is 10.2. The molecule has 1 aromatic heterocycles. The van der Waals surface area contributed by atoms with Crippen LogP contribution in [0.4, 0.5) is 11.4 Å². The lowest BCUT2D eigenvalue weighted by Gasteiger charge is -2.36. The number of carbonyl (C=O) groups is 1. The Hall–Kier alpha value is -2.83. The number of nitrogens with one attached hydrogen (secondary N) is 1. The van der Waals surface area contributed by atoms with Gasteiger partial charge in [0.1, 0.15) is 10.6 Å². The molecule has 30 heavy (non-hydrogen) atoms. The van der Waals surface area contributed by atoms with Crippen LogP contribution in [0, 0.1) is 24.0 Å². The first-order valence-corrected chi connectivity index (χ1v) is 10.8. The van der Waals surface area contributed by atoms with E-state index in [0.717, 1.165) is 0 Å². The van der Waals surface area contributed by atoms with Crippen LogP contribution in [0.15, 0.2) is 33.7 Å². The Balaban J connectivity index is 1.60. The lowest BCUT2D eigenvalue weighted by molar-refractivity contribution is -0.384. The number of nitrogens with zero attached hydrogens (tertiary/aromatic N) is 4. The number of sulfonamides is 1. The van der Waals surface area contributed by atoms with Crippen LogP contribution in [0.1, 0.15) is 18.4 Å². The number of piperazine rings is 1. The number of nitro groups is 1. The van der Waals surface area contributed by atoms with E-state index in [1.165, 1.54) is 28.6 Å². The van der Waals surface area contributed by atoms with Gasteiger partial charge in [0.05, 0.1) is 11.0 Å². The minimum absolute atomic E-state index is 0.0586. The summed E-state index contributed by atoms with van der Waals surface area (Å²) in [5.74, 6) is -0.0170. The van der Waals surface area contributed by atoms with Gasteiger partial charge in [0.15, 0.2) is 5.76 Å². The Labute approximate surface area is 173 Å². The minimum Gasteiger partial charge on any atom is -0.360 e. The Morgan fingerprint density at radius 1 is 1.20 bits per heavy atom. The van der Waals surface area contributed by atoms with Crippen LogP contribution in [0.25, 0.3) is 0 Å². The molecule has 1 saturated heterocycles. The fraction of sp³-hybridized carbons (Fsp3) is 0.444. The first-order chi connectivity index (χ1) is 14.1. The zero-order chi connectivity index (χ0) is 22.1. The van der Waals surface area contributed by atoms with Gasteiger partial charge in [-0.2, -0.15) is 4.31 Å². The van der Waals surface area contributed by atoms with E-state index < -0.39 is 21.0 Å². The molecule has 162 valence electrons. The summed E-state index contributed by atoms with van der Waals surface area (Å²) in [4.78, 5) is 24.7. The molecule has 1 amide bonds. The van der Waals surface area contributed by atoms with Crippen molar-refractivity contribution in [1.82, 2.24) is 14.4 Å². The van der Waals surface area contributed by atoms with Crippen molar-refractivity contribution in [2.24, 2.45) is 0 Å². The van der Waals surface area contributed by atoms with E-state index in [2.05, 4.69) is 10.5 Å². The molecule has 0 radical (unpaired) electrons. The van der Waals surface area contributed by atoms with Crippen LogP contribution < -0.4 is 5.32 Å². The smallest absolute Gasteiger partial charge is 0.269 e. The van der Waals surface area contributed by atoms with Crippen molar-refractivity contribution in [2.75, 3.05) is 31.5 Å². The Morgan fingerprint density at radius 3 is 2.30 bits per heavy atom. The molecule has 1 aliphatic heterocycles. The molecule has 11 nitrogen and oxygen atoms in total. The highest BCUT2D eigenvalue weighted by atomic mass is 32.2. The second kappa shape index (κ2) is 8.50. The number of carbonyl (C=O) groups excluding carboxylic acids is 1. The van der Waals surface area contributed by atoms with Crippen LogP contribution in [-0.2, 0) is 14.8 Å². The summed E-state index contributed by atoms with van der Waals surface area (Å²) in [5, 5.41) is 17.2. The summed E-state index contributed by atoms with van der Waals surface area (Å²) in [6.45, 7) is 6.13. The molecule has 0 bridgehead atoms. The normalized spacial score (nSPS) is 16.9. The van der Waals surface area contributed by atoms with Crippen molar-refractivity contribution >= 4 is 27.3 Å². The second-order valence-electron chi connectivity index (χ2n) is 7.06. The summed E-state index contributed by atoms with van der Waals surface area (Å²) in [5.41, 5.74) is 0.722. The number of hydrogen-bond donors (Lipinski definition) is 1. The quantitative estimate of drug-likeness (QED) is 0.530. The molecular formula is C18H23N5O6S. The number of nitro benzene ring substituents is 1. The molecule has 12 heteroatoms. The first-order valence-electron chi connectivity index (χ1n) is 9.33. The van der Waals surface area contributed by atoms with Crippen LogP contribution in [0.5, 0.6) is 0 Å². The van der Waals surface area contributed by atoms with E-state index in [0.29, 0.717) is 24.5 Å². The van der Waals surface area contributed by atoms with Crippen LogP contribution in [0.3, 0.4) is 0 Å². The second-order valence-corrected chi connectivity index (χ2v) is 8.94. The number of anilines is 1. The fourth-order valence-electron chi connectivity index (χ4n) is 3.38. The van der Waals surface area contributed by atoms with E-state index in [-0.39, 0.29) is 35.3 Å². The van der Waals surface area contributed by atoms with Crippen LogP contribution in [-0.4, -0.2) is 65.8 Å². The maximum Gasteiger partial charge on any atom is 0.269 e. The molecule has 1 N–H and O–H groups in total. The fourth-order valence-corrected chi connectivity index (χ4v) is 5.10. The van der Waals surface area contributed by atoms with E-state index in [9.17, 15) is 23.3 Å². The zero-order valence-electron chi connectivity index (χ0n) is 16.9. The van der Waals surface area contributed by atoms with Gasteiger partial charge in [-0.05, 0) is 32.9 Å². The molecular weight excluding hydrogens is 414 g/mol. The van der Waals surface area contributed by atoms with Gasteiger partial charge in [0.25, 0.3) is 5.69 Å². The Bertz CT molecular complexity index is 1020. The number of benzene rings is 1. The Morgan fingerprint density at radius 2 is 1.80 bits per heavy atom. The highest BCUT2D eigenvalue weighted by Gasteiger charge is 2.35. The van der Waals surface area contributed by atoms with Gasteiger partial charge in [-0.3, -0.25) is 19.8 Å². The molecule has 2 aromatic rings. The van der Waals surface area contributed by atoms with Gasteiger partial charge >= 0.3 is 0 Å². The van der Waals surface area contributed by atoms with Gasteiger partial charge in [0.2, 0.25) is 15.9 Å². The van der Waals surface area contributed by atoms with Crippen molar-refractivity contribution in [3.05, 3.63) is 45.8 Å². The first kappa shape index (κ1) is 21.9. The van der Waals surface area contributed by atoms with Crippen molar-refractivity contribution in [2.45, 2.75) is 31.7 Å². The highest BCUT2D eigenvalue weighted by molar-refractivity contribution is 7.89. The molecule has 1 aliphatic rings. The molecule has 0 aliphatic carbocycles. The van der Waals surface area contributed by atoms with E-state index >= 15 is 0 Å². The molecule has 0 unspecified atom stereocenters. The molecule has 1 atom stereocenters. The molecule has 0 spiro atoms. The zero-order valence-corrected chi connectivity index (χ0v) is 17.7. The van der Waals surface area contributed by atoms with Gasteiger partial charge < -0.3 is 9.84 Å². The third-order valence-corrected chi connectivity index (χ3v) is 7.26. The summed E-state index contributed by atoms with van der Waals surface area (Å²) in [6.07, 6.45) is 0. The van der Waals surface area contributed by atoms with Crippen molar-refractivity contribution in [3.63, 3.8) is 0 Å².